The summed E-state index contributed by atoms with van der Waals surface area (Å²) in [5.74, 6) is 0. The third-order valence-electron chi connectivity index (χ3n) is 4.10. The SMILES string of the molecule is Cc1cc(=O)n(CCN2CCC[C@@](O)(CO)CC2)c(=O)[nH]1. The molecule has 1 saturated heterocycles. The third kappa shape index (κ3) is 4.03. The maximum Gasteiger partial charge on any atom is 0.328 e. The summed E-state index contributed by atoms with van der Waals surface area (Å²) >= 11 is 0. The Labute approximate surface area is 122 Å². The van der Waals surface area contributed by atoms with Crippen LogP contribution >= 0.6 is 0 Å². The van der Waals surface area contributed by atoms with Gasteiger partial charge in [-0.25, -0.2) is 4.79 Å². The zero-order chi connectivity index (χ0) is 15.5. The first-order valence-corrected chi connectivity index (χ1v) is 7.30. The Morgan fingerprint density at radius 2 is 2.05 bits per heavy atom. The van der Waals surface area contributed by atoms with Crippen LogP contribution in [-0.4, -0.2) is 56.5 Å². The van der Waals surface area contributed by atoms with E-state index in [1.165, 1.54) is 10.6 Å². The fourth-order valence-electron chi connectivity index (χ4n) is 2.71. The number of aliphatic hydroxyl groups excluding tert-OH is 1. The average Bonchev–Trinajstić information content (AvgIpc) is 2.60. The van der Waals surface area contributed by atoms with Crippen LogP contribution in [0.4, 0.5) is 0 Å². The van der Waals surface area contributed by atoms with Crippen LogP contribution in [0.1, 0.15) is 25.0 Å². The van der Waals surface area contributed by atoms with Gasteiger partial charge in [0.1, 0.15) is 0 Å². The van der Waals surface area contributed by atoms with Crippen LogP contribution in [-0.2, 0) is 6.54 Å². The van der Waals surface area contributed by atoms with Gasteiger partial charge in [-0.1, -0.05) is 0 Å². The predicted molar refractivity (Wildman–Crippen MR) is 78.4 cm³/mol. The van der Waals surface area contributed by atoms with Crippen molar-refractivity contribution in [2.24, 2.45) is 0 Å². The van der Waals surface area contributed by atoms with E-state index in [1.807, 2.05) is 0 Å². The topological polar surface area (TPSA) is 98.6 Å². The molecular formula is C14H23N3O4. The summed E-state index contributed by atoms with van der Waals surface area (Å²) in [7, 11) is 0. The molecule has 0 bridgehead atoms. The summed E-state index contributed by atoms with van der Waals surface area (Å²) in [6, 6.07) is 1.41. The Bertz CT molecular complexity index is 563. The van der Waals surface area contributed by atoms with Crippen LogP contribution in [0.5, 0.6) is 0 Å². The largest absolute Gasteiger partial charge is 0.393 e. The molecule has 1 aromatic heterocycles. The first kappa shape index (κ1) is 15.9. The van der Waals surface area contributed by atoms with Crippen molar-refractivity contribution in [1.29, 1.82) is 0 Å². The molecule has 3 N–H and O–H groups in total. The molecule has 0 aromatic carbocycles. The van der Waals surface area contributed by atoms with E-state index in [-0.39, 0.29) is 17.9 Å². The molecule has 118 valence electrons. The minimum Gasteiger partial charge on any atom is -0.393 e. The number of nitrogens with one attached hydrogen (secondary N) is 1. The second kappa shape index (κ2) is 6.55. The van der Waals surface area contributed by atoms with Crippen LogP contribution in [0, 0.1) is 6.92 Å². The van der Waals surface area contributed by atoms with Gasteiger partial charge in [-0.05, 0) is 32.7 Å². The summed E-state index contributed by atoms with van der Waals surface area (Å²) < 4.78 is 1.19. The van der Waals surface area contributed by atoms with Crippen molar-refractivity contribution in [1.82, 2.24) is 14.5 Å². The smallest absolute Gasteiger partial charge is 0.328 e. The van der Waals surface area contributed by atoms with Crippen molar-refractivity contribution in [3.63, 3.8) is 0 Å². The fourth-order valence-corrected chi connectivity index (χ4v) is 2.71. The van der Waals surface area contributed by atoms with E-state index in [2.05, 4.69) is 9.88 Å². The zero-order valence-corrected chi connectivity index (χ0v) is 12.3. The van der Waals surface area contributed by atoms with Crippen LogP contribution in [0.2, 0.25) is 0 Å². The number of hydrogen-bond acceptors (Lipinski definition) is 5. The molecule has 1 aliphatic heterocycles. The van der Waals surface area contributed by atoms with E-state index in [1.54, 1.807) is 6.92 Å². The van der Waals surface area contributed by atoms with Crippen molar-refractivity contribution in [2.75, 3.05) is 26.2 Å². The van der Waals surface area contributed by atoms with Gasteiger partial charge in [0, 0.05) is 31.4 Å². The lowest BCUT2D eigenvalue weighted by atomic mass is 9.96. The normalized spacial score (nSPS) is 24.0. The number of nitrogens with zero attached hydrogens (tertiary/aromatic N) is 2. The van der Waals surface area contributed by atoms with Crippen molar-refractivity contribution in [3.8, 4) is 0 Å². The lowest BCUT2D eigenvalue weighted by molar-refractivity contribution is -0.0254. The Morgan fingerprint density at radius 1 is 1.29 bits per heavy atom. The lowest BCUT2D eigenvalue weighted by Gasteiger charge is -2.24. The van der Waals surface area contributed by atoms with Crippen molar-refractivity contribution >= 4 is 0 Å². The van der Waals surface area contributed by atoms with Crippen molar-refractivity contribution < 1.29 is 10.2 Å². The molecule has 7 heteroatoms. The first-order valence-electron chi connectivity index (χ1n) is 7.30. The number of hydrogen-bond donors (Lipinski definition) is 3. The lowest BCUT2D eigenvalue weighted by Crippen LogP contribution is -2.40. The molecule has 1 fully saturated rings. The molecule has 2 heterocycles. The molecule has 0 spiro atoms. The standard InChI is InChI=1S/C14H23N3O4/c1-11-9-12(19)17(13(20)15-11)8-7-16-5-2-3-14(21,10-18)4-6-16/h9,18,21H,2-8,10H2,1H3,(H,15,20)/t14-/m0/s1. The van der Waals surface area contributed by atoms with E-state index in [0.717, 1.165) is 13.0 Å². The number of H-pyrrole nitrogens is 1. The van der Waals surface area contributed by atoms with Gasteiger partial charge >= 0.3 is 5.69 Å². The minimum atomic E-state index is -0.993. The van der Waals surface area contributed by atoms with E-state index in [9.17, 15) is 19.8 Å². The molecule has 1 aromatic rings. The van der Waals surface area contributed by atoms with E-state index < -0.39 is 5.60 Å². The summed E-state index contributed by atoms with van der Waals surface area (Å²) in [6.45, 7) is 3.80. The van der Waals surface area contributed by atoms with Gasteiger partial charge < -0.3 is 20.1 Å². The molecular weight excluding hydrogens is 274 g/mol. The number of likely N-dealkylation sites (tertiary alicyclic amines) is 1. The number of aryl methyl sites for hydroxylation is 1. The zero-order valence-electron chi connectivity index (χ0n) is 12.3. The van der Waals surface area contributed by atoms with Crippen molar-refractivity contribution in [3.05, 3.63) is 32.6 Å². The van der Waals surface area contributed by atoms with E-state index in [0.29, 0.717) is 38.2 Å². The molecule has 21 heavy (non-hydrogen) atoms. The summed E-state index contributed by atoms with van der Waals surface area (Å²) in [5, 5.41) is 19.3. The summed E-state index contributed by atoms with van der Waals surface area (Å²) in [5.41, 5.74) is -1.11. The first-order chi connectivity index (χ1) is 9.93. The number of aliphatic hydroxyl groups is 2. The molecule has 1 aliphatic rings. The van der Waals surface area contributed by atoms with E-state index >= 15 is 0 Å². The molecule has 2 rings (SSSR count). The molecule has 0 saturated carbocycles. The quantitative estimate of drug-likeness (QED) is 0.666. The maximum atomic E-state index is 11.8. The molecule has 7 nitrogen and oxygen atoms in total. The summed E-state index contributed by atoms with van der Waals surface area (Å²) in [6.07, 6.45) is 1.87. The van der Waals surface area contributed by atoms with Gasteiger partial charge in [-0.15, -0.1) is 0 Å². The van der Waals surface area contributed by atoms with Crippen molar-refractivity contribution in [2.45, 2.75) is 38.3 Å². The molecule has 1 atom stereocenters. The van der Waals surface area contributed by atoms with Gasteiger partial charge in [0.25, 0.3) is 5.56 Å². The third-order valence-corrected chi connectivity index (χ3v) is 4.10. The predicted octanol–water partition coefficient (Wildman–Crippen LogP) is -0.946. The highest BCUT2D eigenvalue weighted by Gasteiger charge is 2.29. The molecule has 0 radical (unpaired) electrons. The van der Waals surface area contributed by atoms with Gasteiger partial charge in [-0.3, -0.25) is 9.36 Å². The number of aromatic amines is 1. The highest BCUT2D eigenvalue weighted by atomic mass is 16.3. The van der Waals surface area contributed by atoms with Crippen LogP contribution in [0.3, 0.4) is 0 Å². The molecule has 0 aliphatic carbocycles. The fraction of sp³-hybridized carbons (Fsp3) is 0.714. The van der Waals surface area contributed by atoms with Crippen LogP contribution in [0.15, 0.2) is 15.7 Å². The second-order valence-electron chi connectivity index (χ2n) is 5.83. The van der Waals surface area contributed by atoms with Gasteiger partial charge in [0.2, 0.25) is 0 Å². The Morgan fingerprint density at radius 3 is 2.71 bits per heavy atom. The van der Waals surface area contributed by atoms with Gasteiger partial charge in [-0.2, -0.15) is 0 Å². The maximum absolute atomic E-state index is 11.8. The molecule has 0 unspecified atom stereocenters. The van der Waals surface area contributed by atoms with E-state index in [4.69, 9.17) is 0 Å². The van der Waals surface area contributed by atoms with Gasteiger partial charge in [0.05, 0.1) is 12.2 Å². The molecule has 0 amide bonds. The second-order valence-corrected chi connectivity index (χ2v) is 5.83. The number of aromatic nitrogens is 2. The van der Waals surface area contributed by atoms with Gasteiger partial charge in [0.15, 0.2) is 0 Å². The van der Waals surface area contributed by atoms with Crippen LogP contribution in [0.25, 0.3) is 0 Å². The number of rotatable bonds is 4. The Kier molecular flexibility index (Phi) is 4.97. The highest BCUT2D eigenvalue weighted by Crippen LogP contribution is 2.21. The van der Waals surface area contributed by atoms with Crippen LogP contribution < -0.4 is 11.2 Å². The monoisotopic (exact) mass is 297 g/mol. The average molecular weight is 297 g/mol. The Balaban J connectivity index is 1.98. The minimum absolute atomic E-state index is 0.224. The Hall–Kier alpha value is -1.44. The highest BCUT2D eigenvalue weighted by molar-refractivity contribution is 4.96. The summed E-state index contributed by atoms with van der Waals surface area (Å²) in [4.78, 5) is 28.3.